The minimum Gasteiger partial charge on any atom is -0.488 e. The molecule has 1 unspecified atom stereocenters. The number of methoxy groups -OCH3 is 1. The molecule has 0 bridgehead atoms. The maximum absolute atomic E-state index is 12.7. The Balaban J connectivity index is 1.21. The Bertz CT molecular complexity index is 1470. The van der Waals surface area contributed by atoms with E-state index in [0.29, 0.717) is 41.9 Å². The Kier molecular flexibility index (Phi) is 5.49. The standard InChI is InChI=1S/C25H25N7O3/c1-34-23-5-4-19-25(31-23)32(24(33)14-30-19)18-8-15-2-3-16(9-20(15)29-12-18)27-11-17-10-21-22(13-28-17)35-7-6-26-21/h4-5,8,10,12-14,16,26-27H,2-3,6-7,9,11H2,1H3. The summed E-state index contributed by atoms with van der Waals surface area (Å²) in [5, 5.41) is 6.97. The van der Waals surface area contributed by atoms with E-state index in [0.717, 1.165) is 54.2 Å². The van der Waals surface area contributed by atoms with E-state index in [-0.39, 0.29) is 5.56 Å². The number of fused-ring (bicyclic) bond motifs is 3. The summed E-state index contributed by atoms with van der Waals surface area (Å²) in [6, 6.07) is 7.91. The van der Waals surface area contributed by atoms with Crippen molar-refractivity contribution in [2.24, 2.45) is 0 Å². The molecule has 4 aromatic heterocycles. The number of pyridine rings is 3. The Labute approximate surface area is 201 Å². The van der Waals surface area contributed by atoms with Gasteiger partial charge in [-0.1, -0.05) is 0 Å². The lowest BCUT2D eigenvalue weighted by Gasteiger charge is -2.25. The Morgan fingerprint density at radius 2 is 2.14 bits per heavy atom. The Morgan fingerprint density at radius 1 is 1.20 bits per heavy atom. The number of rotatable bonds is 5. The SMILES string of the molecule is COc1ccc2ncc(=O)n(-c3cnc4c(c3)CCC(NCc3cc5c(cn3)OCCN5)C4)c2n1. The van der Waals surface area contributed by atoms with Crippen LogP contribution in [0.3, 0.4) is 0 Å². The molecule has 0 radical (unpaired) electrons. The molecule has 178 valence electrons. The van der Waals surface area contributed by atoms with Gasteiger partial charge in [0.2, 0.25) is 5.88 Å². The quantitative estimate of drug-likeness (QED) is 0.451. The molecule has 4 aromatic rings. The molecule has 10 heteroatoms. The minimum atomic E-state index is -0.257. The fraction of sp³-hybridized carbons (Fsp3) is 0.320. The van der Waals surface area contributed by atoms with Gasteiger partial charge in [0.05, 0.1) is 42.8 Å². The van der Waals surface area contributed by atoms with E-state index in [1.165, 1.54) is 6.20 Å². The van der Waals surface area contributed by atoms with Gasteiger partial charge in [-0.25, -0.2) is 4.98 Å². The van der Waals surface area contributed by atoms with Crippen molar-refractivity contribution in [3.05, 3.63) is 70.2 Å². The van der Waals surface area contributed by atoms with Crippen LogP contribution in [0.15, 0.2) is 47.7 Å². The van der Waals surface area contributed by atoms with Gasteiger partial charge in [-0.3, -0.25) is 19.3 Å². The molecule has 0 saturated heterocycles. The second kappa shape index (κ2) is 8.95. The smallest absolute Gasteiger partial charge is 0.275 e. The molecule has 2 aliphatic rings. The second-order valence-corrected chi connectivity index (χ2v) is 8.70. The molecule has 0 saturated carbocycles. The van der Waals surface area contributed by atoms with Crippen molar-refractivity contribution in [1.29, 1.82) is 0 Å². The molecule has 0 amide bonds. The average molecular weight is 472 g/mol. The molecule has 0 aromatic carbocycles. The summed E-state index contributed by atoms with van der Waals surface area (Å²) in [6.45, 7) is 2.15. The largest absolute Gasteiger partial charge is 0.488 e. The first-order valence-electron chi connectivity index (χ1n) is 11.7. The highest BCUT2D eigenvalue weighted by molar-refractivity contribution is 5.72. The van der Waals surface area contributed by atoms with Crippen LogP contribution in [0.4, 0.5) is 5.69 Å². The zero-order valence-electron chi connectivity index (χ0n) is 19.3. The second-order valence-electron chi connectivity index (χ2n) is 8.70. The van der Waals surface area contributed by atoms with Gasteiger partial charge >= 0.3 is 0 Å². The summed E-state index contributed by atoms with van der Waals surface area (Å²) < 4.78 is 12.4. The van der Waals surface area contributed by atoms with Crippen LogP contribution in [0, 0.1) is 0 Å². The number of hydrogen-bond donors (Lipinski definition) is 2. The van der Waals surface area contributed by atoms with Crippen LogP contribution < -0.4 is 25.7 Å². The highest BCUT2D eigenvalue weighted by Gasteiger charge is 2.21. The average Bonchev–Trinajstić information content (AvgIpc) is 2.91. The van der Waals surface area contributed by atoms with E-state index in [1.54, 1.807) is 36.2 Å². The summed E-state index contributed by atoms with van der Waals surface area (Å²) in [4.78, 5) is 30.6. The molecule has 5 heterocycles. The first-order chi connectivity index (χ1) is 17.2. The molecule has 10 nitrogen and oxygen atoms in total. The Hall–Kier alpha value is -4.05. The van der Waals surface area contributed by atoms with E-state index < -0.39 is 0 Å². The predicted octanol–water partition coefficient (Wildman–Crippen LogP) is 2.03. The molecule has 1 atom stereocenters. The lowest BCUT2D eigenvalue weighted by Crippen LogP contribution is -2.35. The third-order valence-corrected chi connectivity index (χ3v) is 6.46. The van der Waals surface area contributed by atoms with Gasteiger partial charge in [0.1, 0.15) is 12.1 Å². The van der Waals surface area contributed by atoms with E-state index in [1.807, 2.05) is 12.1 Å². The van der Waals surface area contributed by atoms with Gasteiger partial charge in [-0.15, -0.1) is 0 Å². The summed E-state index contributed by atoms with van der Waals surface area (Å²) >= 11 is 0. The Morgan fingerprint density at radius 3 is 3.06 bits per heavy atom. The van der Waals surface area contributed by atoms with Crippen LogP contribution >= 0.6 is 0 Å². The van der Waals surface area contributed by atoms with Crippen LogP contribution in [0.5, 0.6) is 11.6 Å². The third kappa shape index (κ3) is 4.17. The van der Waals surface area contributed by atoms with Gasteiger partial charge in [0, 0.05) is 37.3 Å². The number of ether oxygens (including phenoxy) is 2. The minimum absolute atomic E-state index is 0.257. The van der Waals surface area contributed by atoms with Crippen molar-refractivity contribution in [3.8, 4) is 17.3 Å². The lowest BCUT2D eigenvalue weighted by atomic mass is 9.91. The van der Waals surface area contributed by atoms with Crippen LogP contribution in [-0.4, -0.2) is 50.8 Å². The highest BCUT2D eigenvalue weighted by Crippen LogP contribution is 2.27. The first-order valence-corrected chi connectivity index (χ1v) is 11.7. The first kappa shape index (κ1) is 21.5. The molecular weight excluding hydrogens is 446 g/mol. The monoisotopic (exact) mass is 471 g/mol. The normalized spacial score (nSPS) is 16.7. The summed E-state index contributed by atoms with van der Waals surface area (Å²) in [6.07, 6.45) is 7.50. The fourth-order valence-corrected chi connectivity index (χ4v) is 4.66. The van der Waals surface area contributed by atoms with E-state index in [9.17, 15) is 4.79 Å². The van der Waals surface area contributed by atoms with Gasteiger partial charge in [0.15, 0.2) is 11.4 Å². The van der Waals surface area contributed by atoms with Gasteiger partial charge in [-0.05, 0) is 36.6 Å². The molecular formula is C25H25N7O3. The summed E-state index contributed by atoms with van der Waals surface area (Å²) in [5.74, 6) is 1.23. The maximum Gasteiger partial charge on any atom is 0.275 e. The number of aryl methyl sites for hydroxylation is 1. The molecule has 0 spiro atoms. The fourth-order valence-electron chi connectivity index (χ4n) is 4.66. The highest BCUT2D eigenvalue weighted by atomic mass is 16.5. The van der Waals surface area contributed by atoms with E-state index in [2.05, 4.69) is 25.6 Å². The zero-order valence-corrected chi connectivity index (χ0v) is 19.3. The van der Waals surface area contributed by atoms with E-state index in [4.69, 9.17) is 14.5 Å². The topological polar surface area (TPSA) is 116 Å². The molecule has 1 aliphatic heterocycles. The van der Waals surface area contributed by atoms with Crippen LogP contribution in [0.2, 0.25) is 0 Å². The van der Waals surface area contributed by atoms with Gasteiger partial charge in [-0.2, -0.15) is 4.98 Å². The molecule has 2 N–H and O–H groups in total. The predicted molar refractivity (Wildman–Crippen MR) is 130 cm³/mol. The van der Waals surface area contributed by atoms with Gasteiger partial charge in [0.25, 0.3) is 5.56 Å². The molecule has 1 aliphatic carbocycles. The molecule has 0 fully saturated rings. The van der Waals surface area contributed by atoms with Crippen molar-refractivity contribution >= 4 is 16.9 Å². The van der Waals surface area contributed by atoms with Crippen molar-refractivity contribution in [3.63, 3.8) is 0 Å². The zero-order chi connectivity index (χ0) is 23.8. The van der Waals surface area contributed by atoms with E-state index >= 15 is 0 Å². The van der Waals surface area contributed by atoms with Crippen molar-refractivity contribution in [2.45, 2.75) is 31.8 Å². The maximum atomic E-state index is 12.7. The molecule has 35 heavy (non-hydrogen) atoms. The van der Waals surface area contributed by atoms with Gasteiger partial charge < -0.3 is 20.1 Å². The van der Waals surface area contributed by atoms with Crippen LogP contribution in [0.25, 0.3) is 16.9 Å². The number of nitrogens with one attached hydrogen (secondary N) is 2. The van der Waals surface area contributed by atoms with Crippen molar-refractivity contribution in [2.75, 3.05) is 25.6 Å². The number of anilines is 1. The molecule has 6 rings (SSSR count). The van der Waals surface area contributed by atoms with Crippen molar-refractivity contribution < 1.29 is 9.47 Å². The lowest BCUT2D eigenvalue weighted by molar-refractivity contribution is 0.321. The number of nitrogens with zero attached hydrogens (tertiary/aromatic N) is 5. The summed E-state index contributed by atoms with van der Waals surface area (Å²) in [7, 11) is 1.55. The van der Waals surface area contributed by atoms with Crippen molar-refractivity contribution in [1.82, 2.24) is 29.8 Å². The summed E-state index contributed by atoms with van der Waals surface area (Å²) in [5.41, 5.74) is 5.65. The number of hydrogen-bond acceptors (Lipinski definition) is 9. The van der Waals surface area contributed by atoms with Crippen LogP contribution in [-0.2, 0) is 19.4 Å². The number of aromatic nitrogens is 5. The third-order valence-electron chi connectivity index (χ3n) is 6.46. The van der Waals surface area contributed by atoms with Crippen LogP contribution in [0.1, 0.15) is 23.4 Å².